The average Bonchev–Trinajstić information content (AvgIpc) is 3.31. The Morgan fingerprint density at radius 2 is 1.96 bits per heavy atom. The van der Waals surface area contributed by atoms with E-state index < -0.39 is 10.0 Å². The molecule has 0 aliphatic rings. The van der Waals surface area contributed by atoms with Crippen LogP contribution in [0.25, 0.3) is 5.65 Å². The summed E-state index contributed by atoms with van der Waals surface area (Å²) in [6.07, 6.45) is 4.45. The second-order valence-corrected chi connectivity index (χ2v) is 9.04. The third kappa shape index (κ3) is 4.36. The zero-order valence-corrected chi connectivity index (χ0v) is 17.8. The van der Waals surface area contributed by atoms with E-state index in [1.54, 1.807) is 22.7 Å². The number of aryl methyl sites for hydroxylation is 1. The monoisotopic (exact) mass is 424 g/mol. The summed E-state index contributed by atoms with van der Waals surface area (Å²) < 4.78 is 33.9. The maximum Gasteiger partial charge on any atom is 0.244 e. The lowest BCUT2D eigenvalue weighted by atomic mass is 10.2. The lowest BCUT2D eigenvalue weighted by Crippen LogP contribution is -2.30. The highest BCUT2D eigenvalue weighted by atomic mass is 32.2. The van der Waals surface area contributed by atoms with Gasteiger partial charge in [-0.3, -0.25) is 4.40 Å². The van der Waals surface area contributed by atoms with E-state index in [2.05, 4.69) is 27.3 Å². The van der Waals surface area contributed by atoms with Crippen LogP contribution in [0.1, 0.15) is 45.3 Å². The predicted octanol–water partition coefficient (Wildman–Crippen LogP) is 2.78. The second kappa shape index (κ2) is 9.01. The molecule has 0 aromatic carbocycles. The molecule has 0 fully saturated rings. The van der Waals surface area contributed by atoms with Crippen molar-refractivity contribution < 1.29 is 12.9 Å². The van der Waals surface area contributed by atoms with Gasteiger partial charge in [-0.15, -0.1) is 10.2 Å². The van der Waals surface area contributed by atoms with Crippen LogP contribution in [0.2, 0.25) is 0 Å². The topological polar surface area (TPSA) is 106 Å². The van der Waals surface area contributed by atoms with Crippen molar-refractivity contribution in [1.29, 1.82) is 0 Å². The van der Waals surface area contributed by atoms with Crippen molar-refractivity contribution in [2.24, 2.45) is 0 Å². The summed E-state index contributed by atoms with van der Waals surface area (Å²) in [7, 11) is -3.55. The van der Waals surface area contributed by atoms with Crippen LogP contribution in [0.15, 0.2) is 32.9 Å². The van der Waals surface area contributed by atoms with Crippen molar-refractivity contribution in [2.75, 3.05) is 13.1 Å². The van der Waals surface area contributed by atoms with Crippen molar-refractivity contribution >= 4 is 27.4 Å². The minimum Gasteiger partial charge on any atom is -0.338 e. The molecule has 0 N–H and O–H groups in total. The van der Waals surface area contributed by atoms with E-state index in [1.165, 1.54) is 16.1 Å². The van der Waals surface area contributed by atoms with E-state index >= 15 is 0 Å². The molecule has 0 radical (unpaired) electrons. The van der Waals surface area contributed by atoms with E-state index in [0.29, 0.717) is 41.4 Å². The Morgan fingerprint density at radius 3 is 2.68 bits per heavy atom. The fraction of sp³-hybridized carbons (Fsp3) is 0.529. The van der Waals surface area contributed by atoms with E-state index in [-0.39, 0.29) is 4.90 Å². The molecule has 0 aliphatic heterocycles. The standard InChI is InChI=1S/C17H24N6O3S2/c1-4-7-8-14-18-16(26-21-14)12-27-17-20-19-15-10-9-13(11-23(15)17)28(24,25)22(5-2)6-3/h9-11H,4-8,12H2,1-3H3. The summed E-state index contributed by atoms with van der Waals surface area (Å²) in [5, 5.41) is 12.8. The Bertz CT molecular complexity index is 1030. The number of hydrogen-bond acceptors (Lipinski definition) is 8. The number of fused-ring (bicyclic) bond motifs is 1. The van der Waals surface area contributed by atoms with Gasteiger partial charge < -0.3 is 4.52 Å². The van der Waals surface area contributed by atoms with Crippen LogP contribution in [0.3, 0.4) is 0 Å². The van der Waals surface area contributed by atoms with Gasteiger partial charge in [0.15, 0.2) is 16.6 Å². The van der Waals surface area contributed by atoms with Crippen molar-refractivity contribution in [2.45, 2.75) is 55.8 Å². The van der Waals surface area contributed by atoms with Crippen molar-refractivity contribution in [3.8, 4) is 0 Å². The van der Waals surface area contributed by atoms with Gasteiger partial charge >= 0.3 is 0 Å². The fourth-order valence-corrected chi connectivity index (χ4v) is 4.94. The van der Waals surface area contributed by atoms with Gasteiger partial charge in [0.25, 0.3) is 0 Å². The van der Waals surface area contributed by atoms with Crippen LogP contribution >= 0.6 is 11.8 Å². The zero-order chi connectivity index (χ0) is 20.1. The van der Waals surface area contributed by atoms with Crippen LogP contribution < -0.4 is 0 Å². The first-order valence-corrected chi connectivity index (χ1v) is 11.7. The maximum absolute atomic E-state index is 12.8. The molecule has 152 valence electrons. The van der Waals surface area contributed by atoms with E-state index in [0.717, 1.165) is 19.3 Å². The van der Waals surface area contributed by atoms with Gasteiger partial charge in [-0.1, -0.05) is 44.1 Å². The summed E-state index contributed by atoms with van der Waals surface area (Å²) in [6.45, 7) is 6.58. The third-order valence-electron chi connectivity index (χ3n) is 4.28. The summed E-state index contributed by atoms with van der Waals surface area (Å²) in [4.78, 5) is 4.58. The first-order chi connectivity index (χ1) is 13.5. The highest BCUT2D eigenvalue weighted by Crippen LogP contribution is 2.23. The number of nitrogens with zero attached hydrogens (tertiary/aromatic N) is 6. The largest absolute Gasteiger partial charge is 0.338 e. The number of aromatic nitrogens is 5. The molecule has 0 unspecified atom stereocenters. The normalized spacial score (nSPS) is 12.3. The highest BCUT2D eigenvalue weighted by molar-refractivity contribution is 7.98. The lowest BCUT2D eigenvalue weighted by molar-refractivity contribution is 0.384. The van der Waals surface area contributed by atoms with Gasteiger partial charge in [0.2, 0.25) is 15.9 Å². The maximum atomic E-state index is 12.8. The summed E-state index contributed by atoms with van der Waals surface area (Å²) in [6, 6.07) is 3.22. The number of pyridine rings is 1. The van der Waals surface area contributed by atoms with Gasteiger partial charge in [-0.2, -0.15) is 9.29 Å². The van der Waals surface area contributed by atoms with Crippen LogP contribution in [0.5, 0.6) is 0 Å². The molecule has 0 amide bonds. The molecule has 3 rings (SSSR count). The molecular formula is C17H24N6O3S2. The third-order valence-corrected chi connectivity index (χ3v) is 7.24. The van der Waals surface area contributed by atoms with Gasteiger partial charge in [0.05, 0.1) is 10.6 Å². The van der Waals surface area contributed by atoms with Gasteiger partial charge in [0.1, 0.15) is 0 Å². The Morgan fingerprint density at radius 1 is 1.18 bits per heavy atom. The summed E-state index contributed by atoms with van der Waals surface area (Å²) >= 11 is 1.37. The van der Waals surface area contributed by atoms with Gasteiger partial charge in [-0.05, 0) is 18.6 Å². The smallest absolute Gasteiger partial charge is 0.244 e. The quantitative estimate of drug-likeness (QED) is 0.457. The molecule has 0 spiro atoms. The summed E-state index contributed by atoms with van der Waals surface area (Å²) in [5.41, 5.74) is 0.579. The zero-order valence-electron chi connectivity index (χ0n) is 16.2. The van der Waals surface area contributed by atoms with Crippen molar-refractivity contribution in [1.82, 2.24) is 29.0 Å². The lowest BCUT2D eigenvalue weighted by Gasteiger charge is -2.18. The molecule has 0 atom stereocenters. The number of sulfonamides is 1. The first-order valence-electron chi connectivity index (χ1n) is 9.28. The molecule has 11 heteroatoms. The number of thioether (sulfide) groups is 1. The van der Waals surface area contributed by atoms with Gasteiger partial charge in [-0.25, -0.2) is 8.42 Å². The second-order valence-electron chi connectivity index (χ2n) is 6.16. The Kier molecular flexibility index (Phi) is 6.68. The predicted molar refractivity (Wildman–Crippen MR) is 106 cm³/mol. The molecule has 0 saturated heterocycles. The molecule has 0 bridgehead atoms. The van der Waals surface area contributed by atoms with Crippen molar-refractivity contribution in [3.05, 3.63) is 30.0 Å². The Balaban J connectivity index is 1.80. The number of unbranched alkanes of at least 4 members (excludes halogenated alkanes) is 1. The number of hydrogen-bond donors (Lipinski definition) is 0. The molecule has 3 aromatic rings. The van der Waals surface area contributed by atoms with Crippen LogP contribution in [0, 0.1) is 0 Å². The molecule has 3 heterocycles. The minimum atomic E-state index is -3.55. The molecule has 9 nitrogen and oxygen atoms in total. The molecule has 28 heavy (non-hydrogen) atoms. The van der Waals surface area contributed by atoms with E-state index in [1.807, 2.05) is 13.8 Å². The molecule has 0 saturated carbocycles. The average molecular weight is 425 g/mol. The molecular weight excluding hydrogens is 400 g/mol. The first kappa shape index (κ1) is 20.7. The van der Waals surface area contributed by atoms with Crippen molar-refractivity contribution in [3.63, 3.8) is 0 Å². The van der Waals surface area contributed by atoms with Crippen LogP contribution in [-0.4, -0.2) is 50.6 Å². The Labute approximate surface area is 168 Å². The summed E-state index contributed by atoms with van der Waals surface area (Å²) in [5.74, 6) is 1.66. The fourth-order valence-electron chi connectivity index (χ4n) is 2.73. The van der Waals surface area contributed by atoms with E-state index in [4.69, 9.17) is 4.52 Å². The highest BCUT2D eigenvalue weighted by Gasteiger charge is 2.23. The van der Waals surface area contributed by atoms with Gasteiger partial charge in [0, 0.05) is 25.7 Å². The van der Waals surface area contributed by atoms with E-state index in [9.17, 15) is 8.42 Å². The molecule has 3 aromatic heterocycles. The van der Waals surface area contributed by atoms with Crippen LogP contribution in [0.4, 0.5) is 0 Å². The SMILES string of the molecule is CCCCc1noc(CSc2nnc3ccc(S(=O)(=O)N(CC)CC)cn23)n1. The molecule has 0 aliphatic carbocycles. The Hall–Kier alpha value is -1.98. The number of rotatable bonds is 10. The minimum absolute atomic E-state index is 0.213. The van der Waals surface area contributed by atoms with Crippen LogP contribution in [-0.2, 0) is 22.2 Å².